The fraction of sp³-hybridized carbons (Fsp3) is 0.500. The van der Waals surface area contributed by atoms with Crippen LogP contribution in [0.1, 0.15) is 42.2 Å². The first-order valence-electron chi connectivity index (χ1n) is 12.4. The van der Waals surface area contributed by atoms with Gasteiger partial charge in [0.1, 0.15) is 6.54 Å². The maximum Gasteiger partial charge on any atom is 0.262 e. The number of halogens is 1. The predicted molar refractivity (Wildman–Crippen MR) is 138 cm³/mol. The van der Waals surface area contributed by atoms with E-state index in [4.69, 9.17) is 21.4 Å². The molecule has 0 spiro atoms. The molecule has 1 unspecified atom stereocenters. The summed E-state index contributed by atoms with van der Waals surface area (Å²) in [4.78, 5) is 32.1. The van der Waals surface area contributed by atoms with Crippen LogP contribution < -0.4 is 0 Å². The number of carbonyl (C=O) groups excluding carboxylic acids is 2. The molecule has 2 aromatic rings. The SMILES string of the molecule is O=C(C1CCC1)N(CCN1CCOCC1)CC(=O)N1N=C(c2cccs2)CC1c1ccc(Cl)cc1. The largest absolute Gasteiger partial charge is 0.379 e. The van der Waals surface area contributed by atoms with Gasteiger partial charge in [0, 0.05) is 43.5 Å². The van der Waals surface area contributed by atoms with Gasteiger partial charge >= 0.3 is 0 Å². The number of hydrazone groups is 1. The second kappa shape index (κ2) is 11.2. The molecule has 0 bridgehead atoms. The summed E-state index contributed by atoms with van der Waals surface area (Å²) in [5.41, 5.74) is 1.89. The van der Waals surface area contributed by atoms with Crippen LogP contribution in [-0.2, 0) is 14.3 Å². The molecule has 9 heteroatoms. The third-order valence-corrected chi connectivity index (χ3v) is 8.28. The highest BCUT2D eigenvalue weighted by Crippen LogP contribution is 2.35. The van der Waals surface area contributed by atoms with Crippen LogP contribution in [0.3, 0.4) is 0 Å². The lowest BCUT2D eigenvalue weighted by Gasteiger charge is -2.34. The second-order valence-electron chi connectivity index (χ2n) is 9.38. The van der Waals surface area contributed by atoms with E-state index in [1.54, 1.807) is 21.2 Å². The van der Waals surface area contributed by atoms with Crippen molar-refractivity contribution in [2.75, 3.05) is 45.9 Å². The van der Waals surface area contributed by atoms with E-state index in [-0.39, 0.29) is 30.3 Å². The van der Waals surface area contributed by atoms with Gasteiger partial charge in [0.15, 0.2) is 0 Å². The predicted octanol–water partition coefficient (Wildman–Crippen LogP) is 4.04. The van der Waals surface area contributed by atoms with E-state index in [0.29, 0.717) is 31.2 Å². The van der Waals surface area contributed by atoms with E-state index < -0.39 is 0 Å². The molecule has 1 saturated heterocycles. The normalized spacial score (nSPS) is 21.0. The smallest absolute Gasteiger partial charge is 0.262 e. The highest BCUT2D eigenvalue weighted by molar-refractivity contribution is 7.12. The van der Waals surface area contributed by atoms with Gasteiger partial charge in [-0.3, -0.25) is 14.5 Å². The van der Waals surface area contributed by atoms with Gasteiger partial charge < -0.3 is 9.64 Å². The van der Waals surface area contributed by atoms with E-state index in [1.807, 2.05) is 41.8 Å². The Morgan fingerprint density at radius 3 is 2.57 bits per heavy atom. The van der Waals surface area contributed by atoms with Gasteiger partial charge in [0.2, 0.25) is 5.91 Å². The van der Waals surface area contributed by atoms with Crippen LogP contribution in [0.2, 0.25) is 5.02 Å². The summed E-state index contributed by atoms with van der Waals surface area (Å²) in [6.45, 7) is 4.49. The van der Waals surface area contributed by atoms with Crippen molar-refractivity contribution < 1.29 is 14.3 Å². The third-order valence-electron chi connectivity index (χ3n) is 7.11. The topological polar surface area (TPSA) is 65.5 Å². The van der Waals surface area contributed by atoms with Gasteiger partial charge in [-0.2, -0.15) is 5.10 Å². The summed E-state index contributed by atoms with van der Waals surface area (Å²) < 4.78 is 5.45. The summed E-state index contributed by atoms with van der Waals surface area (Å²) in [6.07, 6.45) is 3.55. The molecule has 0 N–H and O–H groups in total. The van der Waals surface area contributed by atoms with Gasteiger partial charge in [-0.1, -0.05) is 36.2 Å². The lowest BCUT2D eigenvalue weighted by atomic mass is 9.84. The number of hydrogen-bond acceptors (Lipinski definition) is 6. The standard InChI is InChI=1S/C26H31ClN4O3S/c27-21-8-6-19(7-9-21)23-17-22(24-5-2-16-35-24)28-31(23)25(32)18-30(26(33)20-3-1-4-20)11-10-29-12-14-34-15-13-29/h2,5-9,16,20,23H,1,3-4,10-15,17-18H2. The van der Waals surface area contributed by atoms with Crippen molar-refractivity contribution in [2.24, 2.45) is 11.0 Å². The van der Waals surface area contributed by atoms with Crippen molar-refractivity contribution in [2.45, 2.75) is 31.7 Å². The van der Waals surface area contributed by atoms with Crippen LogP contribution in [0.15, 0.2) is 46.9 Å². The molecule has 2 fully saturated rings. The molecule has 2 aliphatic heterocycles. The molecular weight excluding hydrogens is 484 g/mol. The Labute approximate surface area is 215 Å². The van der Waals surface area contributed by atoms with Crippen LogP contribution in [0, 0.1) is 5.92 Å². The lowest BCUT2D eigenvalue weighted by molar-refractivity contribution is -0.145. The molecule has 186 valence electrons. The van der Waals surface area contributed by atoms with Crippen molar-refractivity contribution in [3.63, 3.8) is 0 Å². The molecule has 7 nitrogen and oxygen atoms in total. The lowest BCUT2D eigenvalue weighted by Crippen LogP contribution is -2.49. The van der Waals surface area contributed by atoms with Crippen molar-refractivity contribution in [3.8, 4) is 0 Å². The summed E-state index contributed by atoms with van der Waals surface area (Å²) in [5, 5.41) is 9.03. The van der Waals surface area contributed by atoms with Crippen molar-refractivity contribution in [1.29, 1.82) is 0 Å². The molecule has 3 aliphatic rings. The van der Waals surface area contributed by atoms with E-state index in [2.05, 4.69) is 4.90 Å². The fourth-order valence-corrected chi connectivity index (χ4v) is 5.63. The molecule has 2 amide bonds. The number of benzene rings is 1. The second-order valence-corrected chi connectivity index (χ2v) is 10.8. The Kier molecular flexibility index (Phi) is 7.82. The van der Waals surface area contributed by atoms with Crippen LogP contribution in [0.25, 0.3) is 0 Å². The molecule has 3 heterocycles. The monoisotopic (exact) mass is 514 g/mol. The maximum absolute atomic E-state index is 13.7. The Bertz CT molecular complexity index is 1050. The molecule has 0 radical (unpaired) electrons. The van der Waals surface area contributed by atoms with E-state index in [1.165, 1.54) is 0 Å². The fourth-order valence-electron chi connectivity index (χ4n) is 4.78. The Balaban J connectivity index is 1.34. The van der Waals surface area contributed by atoms with Crippen LogP contribution in [0.4, 0.5) is 0 Å². The molecular formula is C26H31ClN4O3S. The van der Waals surface area contributed by atoms with Gasteiger partial charge in [-0.15, -0.1) is 11.3 Å². The van der Waals surface area contributed by atoms with E-state index in [9.17, 15) is 9.59 Å². The van der Waals surface area contributed by atoms with Gasteiger partial charge in [-0.05, 0) is 42.0 Å². The van der Waals surface area contributed by atoms with Crippen LogP contribution in [0.5, 0.6) is 0 Å². The highest BCUT2D eigenvalue weighted by Gasteiger charge is 2.36. The number of ether oxygens (including phenoxy) is 1. The average molecular weight is 515 g/mol. The van der Waals surface area contributed by atoms with Crippen molar-refractivity contribution in [1.82, 2.24) is 14.8 Å². The number of morpholine rings is 1. The number of rotatable bonds is 8. The van der Waals surface area contributed by atoms with Gasteiger partial charge in [-0.25, -0.2) is 5.01 Å². The Hall–Kier alpha value is -2.26. The molecule has 1 aliphatic carbocycles. The minimum atomic E-state index is -0.211. The van der Waals surface area contributed by atoms with Crippen molar-refractivity contribution >= 4 is 40.5 Å². The summed E-state index contributed by atoms with van der Waals surface area (Å²) in [5.74, 6) is -0.00275. The number of amides is 2. The molecule has 1 aromatic heterocycles. The Morgan fingerprint density at radius 1 is 1.14 bits per heavy atom. The zero-order valence-electron chi connectivity index (χ0n) is 19.8. The number of hydrogen-bond donors (Lipinski definition) is 0. The maximum atomic E-state index is 13.7. The molecule has 1 aromatic carbocycles. The molecule has 1 saturated carbocycles. The zero-order chi connectivity index (χ0) is 24.2. The van der Waals surface area contributed by atoms with E-state index in [0.717, 1.165) is 55.0 Å². The number of nitrogens with zero attached hydrogens (tertiary/aromatic N) is 4. The first-order valence-corrected chi connectivity index (χ1v) is 13.6. The van der Waals surface area contributed by atoms with Gasteiger partial charge in [0.05, 0.1) is 29.8 Å². The zero-order valence-corrected chi connectivity index (χ0v) is 21.3. The first-order chi connectivity index (χ1) is 17.1. The van der Waals surface area contributed by atoms with Crippen LogP contribution in [-0.4, -0.2) is 78.3 Å². The highest BCUT2D eigenvalue weighted by atomic mass is 35.5. The molecule has 5 rings (SSSR count). The quantitative estimate of drug-likeness (QED) is 0.533. The summed E-state index contributed by atoms with van der Waals surface area (Å²) in [7, 11) is 0. The van der Waals surface area contributed by atoms with Gasteiger partial charge in [0.25, 0.3) is 5.91 Å². The minimum absolute atomic E-state index is 0.0447. The minimum Gasteiger partial charge on any atom is -0.379 e. The summed E-state index contributed by atoms with van der Waals surface area (Å²) >= 11 is 7.74. The van der Waals surface area contributed by atoms with E-state index >= 15 is 0 Å². The summed E-state index contributed by atoms with van der Waals surface area (Å²) in [6, 6.07) is 11.4. The molecule has 1 atom stereocenters. The number of thiophene rings is 1. The molecule has 35 heavy (non-hydrogen) atoms. The Morgan fingerprint density at radius 2 is 1.91 bits per heavy atom. The van der Waals surface area contributed by atoms with Crippen LogP contribution >= 0.6 is 22.9 Å². The third kappa shape index (κ3) is 5.77. The average Bonchev–Trinajstić information content (AvgIpc) is 3.52. The van der Waals surface area contributed by atoms with Crippen molar-refractivity contribution in [3.05, 3.63) is 57.2 Å². The number of carbonyl (C=O) groups is 2. The first kappa shape index (κ1) is 24.4.